The van der Waals surface area contributed by atoms with E-state index in [1.165, 1.54) is 7.11 Å². The highest BCUT2D eigenvalue weighted by atomic mass is 32.2. The van der Waals surface area contributed by atoms with Crippen molar-refractivity contribution in [3.8, 4) is 11.5 Å². The number of nitrogens with one attached hydrogen (secondary N) is 3. The third-order valence-electron chi connectivity index (χ3n) is 5.03. The van der Waals surface area contributed by atoms with E-state index in [2.05, 4.69) is 16.0 Å². The zero-order valence-corrected chi connectivity index (χ0v) is 22.7. The zero-order valence-electron chi connectivity index (χ0n) is 21.9. The van der Waals surface area contributed by atoms with Crippen molar-refractivity contribution in [2.24, 2.45) is 0 Å². The Morgan fingerprint density at radius 1 is 1.00 bits per heavy atom. The Morgan fingerprint density at radius 3 is 2.15 bits per heavy atom. The van der Waals surface area contributed by atoms with Crippen LogP contribution in [-0.2, 0) is 30.3 Å². The van der Waals surface area contributed by atoms with Gasteiger partial charge in [-0.1, -0.05) is 24.3 Å². The summed E-state index contributed by atoms with van der Waals surface area (Å²) < 4.78 is 15.7. The molecule has 2 aromatic rings. The number of carbonyl (C=O) groups is 5. The number of carbonyl (C=O) groups excluding carboxylic acids is 5. The predicted molar refractivity (Wildman–Crippen MR) is 144 cm³/mol. The first kappa shape index (κ1) is 29.2. The van der Waals surface area contributed by atoms with Crippen LogP contribution in [0.3, 0.4) is 0 Å². The Bertz CT molecular complexity index is 1270. The van der Waals surface area contributed by atoms with Crippen LogP contribution in [0.5, 0.6) is 11.5 Å². The van der Waals surface area contributed by atoms with Crippen LogP contribution < -0.4 is 20.7 Å². The first-order valence-corrected chi connectivity index (χ1v) is 12.7. The third kappa shape index (κ3) is 9.49. The largest absolute Gasteiger partial charge is 0.467 e. The van der Waals surface area contributed by atoms with E-state index in [4.69, 9.17) is 14.2 Å². The summed E-state index contributed by atoms with van der Waals surface area (Å²) in [6.07, 6.45) is 1.03. The van der Waals surface area contributed by atoms with Crippen molar-refractivity contribution in [1.29, 1.82) is 0 Å². The van der Waals surface area contributed by atoms with E-state index in [-0.39, 0.29) is 13.0 Å². The van der Waals surface area contributed by atoms with Gasteiger partial charge < -0.3 is 24.8 Å². The topological polar surface area (TPSA) is 149 Å². The van der Waals surface area contributed by atoms with Crippen molar-refractivity contribution < 1.29 is 38.2 Å². The molecule has 0 spiro atoms. The highest BCUT2D eigenvalue weighted by molar-refractivity contribution is 8.18. The van der Waals surface area contributed by atoms with Gasteiger partial charge in [0.2, 0.25) is 5.91 Å². The van der Waals surface area contributed by atoms with E-state index in [0.29, 0.717) is 16.4 Å². The van der Waals surface area contributed by atoms with Gasteiger partial charge in [0.25, 0.3) is 11.1 Å². The average Bonchev–Trinajstić information content (AvgIpc) is 3.19. The van der Waals surface area contributed by atoms with Crippen molar-refractivity contribution in [1.82, 2.24) is 16.0 Å². The lowest BCUT2D eigenvalue weighted by Gasteiger charge is -2.20. The molecule has 1 unspecified atom stereocenters. The van der Waals surface area contributed by atoms with Gasteiger partial charge in [0, 0.05) is 6.42 Å². The number of thioether (sulfide) groups is 1. The maximum absolute atomic E-state index is 12.3. The van der Waals surface area contributed by atoms with Crippen LogP contribution >= 0.6 is 11.8 Å². The van der Waals surface area contributed by atoms with Gasteiger partial charge in [0.1, 0.15) is 29.7 Å². The Labute approximate surface area is 229 Å². The number of hydrogen-bond donors (Lipinski definition) is 3. The Kier molecular flexibility index (Phi) is 9.72. The molecule has 11 nitrogen and oxygen atoms in total. The third-order valence-corrected chi connectivity index (χ3v) is 5.84. The number of esters is 1. The molecule has 12 heteroatoms. The molecular weight excluding hydrogens is 526 g/mol. The molecule has 0 aliphatic carbocycles. The molecule has 0 saturated carbocycles. The molecule has 39 heavy (non-hydrogen) atoms. The average molecular weight is 556 g/mol. The van der Waals surface area contributed by atoms with Gasteiger partial charge in [-0.15, -0.1) is 0 Å². The van der Waals surface area contributed by atoms with Gasteiger partial charge in [-0.25, -0.2) is 9.59 Å². The summed E-state index contributed by atoms with van der Waals surface area (Å²) in [5.41, 5.74) is 0.771. The summed E-state index contributed by atoms with van der Waals surface area (Å²) in [5.74, 6) is -0.525. The van der Waals surface area contributed by atoms with Gasteiger partial charge in [-0.2, -0.15) is 0 Å². The van der Waals surface area contributed by atoms with Crippen LogP contribution in [0.25, 0.3) is 6.08 Å². The maximum atomic E-state index is 12.3. The van der Waals surface area contributed by atoms with Gasteiger partial charge in [0.05, 0.1) is 12.0 Å². The van der Waals surface area contributed by atoms with Crippen molar-refractivity contribution in [2.45, 2.75) is 38.8 Å². The first-order chi connectivity index (χ1) is 18.4. The minimum Gasteiger partial charge on any atom is -0.467 e. The number of hydrogen-bond acceptors (Lipinski definition) is 9. The molecule has 4 amide bonds. The molecule has 0 radical (unpaired) electrons. The summed E-state index contributed by atoms with van der Waals surface area (Å²) in [5, 5.41) is 6.71. The Balaban J connectivity index is 1.55. The number of methoxy groups -OCH3 is 1. The van der Waals surface area contributed by atoms with Crippen LogP contribution in [-0.4, -0.2) is 54.4 Å². The summed E-state index contributed by atoms with van der Waals surface area (Å²) in [4.78, 5) is 59.6. The lowest BCUT2D eigenvalue weighted by atomic mass is 10.1. The summed E-state index contributed by atoms with van der Waals surface area (Å²) in [6.45, 7) is 4.74. The van der Waals surface area contributed by atoms with E-state index in [9.17, 15) is 24.0 Å². The summed E-state index contributed by atoms with van der Waals surface area (Å²) in [7, 11) is 1.22. The van der Waals surface area contributed by atoms with Gasteiger partial charge in [0.15, 0.2) is 0 Å². The number of amides is 4. The van der Waals surface area contributed by atoms with Crippen LogP contribution in [0.1, 0.15) is 31.9 Å². The molecule has 2 aromatic carbocycles. The smallest absolute Gasteiger partial charge is 0.408 e. The lowest BCUT2D eigenvalue weighted by Crippen LogP contribution is -2.47. The lowest BCUT2D eigenvalue weighted by molar-refractivity contribution is -0.144. The van der Waals surface area contributed by atoms with Crippen LogP contribution in [0.15, 0.2) is 53.4 Å². The molecule has 3 rings (SSSR count). The monoisotopic (exact) mass is 555 g/mol. The Hall–Kier alpha value is -4.32. The fourth-order valence-electron chi connectivity index (χ4n) is 3.32. The molecule has 0 aromatic heterocycles. The second-order valence-electron chi connectivity index (χ2n) is 9.37. The van der Waals surface area contributed by atoms with Crippen molar-refractivity contribution >= 4 is 47.0 Å². The van der Waals surface area contributed by atoms with Gasteiger partial charge in [-0.3, -0.25) is 19.7 Å². The molecule has 0 bridgehead atoms. The van der Waals surface area contributed by atoms with Gasteiger partial charge in [-0.05, 0) is 74.0 Å². The molecule has 1 atom stereocenters. The minimum atomic E-state index is -0.966. The zero-order chi connectivity index (χ0) is 28.6. The summed E-state index contributed by atoms with van der Waals surface area (Å²) in [6, 6.07) is 13.0. The van der Waals surface area contributed by atoms with E-state index < -0.39 is 40.8 Å². The standard InChI is InChI=1S/C27H29N3O8S/c1-27(2,3)38-25(34)28-15-22(31)29-20(24(33)36-4)13-16-5-9-18(10-6-16)37-19-11-7-17(8-12-19)14-21-23(32)30-26(35)39-21/h5-12,14,20H,13,15H2,1-4H3,(H,28,34)(H,29,31)(H,30,32,35). The molecule has 3 N–H and O–H groups in total. The number of benzene rings is 2. The second-order valence-corrected chi connectivity index (χ2v) is 10.4. The molecule has 1 heterocycles. The molecule has 1 aliphatic heterocycles. The van der Waals surface area contributed by atoms with Crippen molar-refractivity contribution in [3.63, 3.8) is 0 Å². The number of ether oxygens (including phenoxy) is 3. The summed E-state index contributed by atoms with van der Waals surface area (Å²) >= 11 is 0.848. The predicted octanol–water partition coefficient (Wildman–Crippen LogP) is 3.53. The van der Waals surface area contributed by atoms with Crippen molar-refractivity contribution in [3.05, 3.63) is 64.6 Å². The second kappa shape index (κ2) is 13.0. The normalized spacial score (nSPS) is 14.8. The molecule has 1 fully saturated rings. The highest BCUT2D eigenvalue weighted by Crippen LogP contribution is 2.27. The fraction of sp³-hybridized carbons (Fsp3) is 0.296. The number of rotatable bonds is 9. The Morgan fingerprint density at radius 2 is 1.62 bits per heavy atom. The molecular formula is C27H29N3O8S. The van der Waals surface area contributed by atoms with E-state index in [1.54, 1.807) is 75.4 Å². The van der Waals surface area contributed by atoms with Crippen molar-refractivity contribution in [2.75, 3.05) is 13.7 Å². The number of imide groups is 1. The van der Waals surface area contributed by atoms with Gasteiger partial charge >= 0.3 is 12.1 Å². The van der Waals surface area contributed by atoms with E-state index in [0.717, 1.165) is 22.9 Å². The van der Waals surface area contributed by atoms with E-state index in [1.807, 2.05) is 0 Å². The van der Waals surface area contributed by atoms with Crippen LogP contribution in [0, 0.1) is 0 Å². The molecule has 1 aliphatic rings. The highest BCUT2D eigenvalue weighted by Gasteiger charge is 2.25. The fourth-order valence-corrected chi connectivity index (χ4v) is 4.00. The molecule has 1 saturated heterocycles. The SMILES string of the molecule is COC(=O)C(Cc1ccc(Oc2ccc(C=C3SC(=O)NC3=O)cc2)cc1)NC(=O)CNC(=O)OC(C)(C)C. The van der Waals surface area contributed by atoms with Crippen LogP contribution in [0.2, 0.25) is 0 Å². The van der Waals surface area contributed by atoms with Crippen LogP contribution in [0.4, 0.5) is 9.59 Å². The van der Waals surface area contributed by atoms with E-state index >= 15 is 0 Å². The molecule has 206 valence electrons. The number of alkyl carbamates (subject to hydrolysis) is 1. The first-order valence-electron chi connectivity index (χ1n) is 11.9. The minimum absolute atomic E-state index is 0.155. The quantitative estimate of drug-likeness (QED) is 0.312. The maximum Gasteiger partial charge on any atom is 0.408 e.